The summed E-state index contributed by atoms with van der Waals surface area (Å²) < 4.78 is 5.43. The number of piperidine rings is 1. The highest BCUT2D eigenvalue weighted by Crippen LogP contribution is 2.37. The minimum Gasteiger partial charge on any atom is -0.465 e. The molecule has 1 aliphatic heterocycles. The molecule has 0 unspecified atom stereocenters. The Kier molecular flexibility index (Phi) is 5.45. The molecule has 0 amide bonds. The maximum Gasteiger partial charge on any atom is 0.316 e. The van der Waals surface area contributed by atoms with Crippen LogP contribution < -0.4 is 0 Å². The van der Waals surface area contributed by atoms with Crippen LogP contribution in [-0.4, -0.2) is 37.6 Å². The summed E-state index contributed by atoms with van der Waals surface area (Å²) in [6.07, 6.45) is 1.59. The Morgan fingerprint density at radius 2 is 1.56 bits per heavy atom. The highest BCUT2D eigenvalue weighted by molar-refractivity contribution is 6.30. The van der Waals surface area contributed by atoms with Crippen molar-refractivity contribution in [2.45, 2.75) is 25.2 Å². The average molecular weight is 358 g/mol. The Morgan fingerprint density at radius 1 is 1.04 bits per heavy atom. The predicted octanol–water partition coefficient (Wildman–Crippen LogP) is 4.53. The number of carbonyl (C=O) groups excluding carboxylic acids is 1. The van der Waals surface area contributed by atoms with Gasteiger partial charge in [0, 0.05) is 5.02 Å². The van der Waals surface area contributed by atoms with Crippen LogP contribution in [0.1, 0.15) is 25.3 Å². The largest absolute Gasteiger partial charge is 0.465 e. The molecule has 0 atom stereocenters. The van der Waals surface area contributed by atoms with E-state index >= 15 is 0 Å². The van der Waals surface area contributed by atoms with Gasteiger partial charge >= 0.3 is 5.97 Å². The van der Waals surface area contributed by atoms with Gasteiger partial charge in [-0.2, -0.15) is 0 Å². The molecular formula is C21H24ClNO2. The number of likely N-dealkylation sites (tertiary alicyclic amines) is 1. The summed E-state index contributed by atoms with van der Waals surface area (Å²) in [4.78, 5) is 15.0. The second-order valence-corrected chi connectivity index (χ2v) is 7.13. The first-order chi connectivity index (χ1) is 12.0. The van der Waals surface area contributed by atoms with Crippen molar-refractivity contribution in [3.8, 4) is 11.1 Å². The standard InChI is InChI=1S/C21H24ClNO2/c1-3-25-20(24)21(12-14-23(2)15-13-21)18-8-4-16(5-9-18)17-6-10-19(22)11-7-17/h4-11H,3,12-15H2,1-2H3. The highest BCUT2D eigenvalue weighted by Gasteiger charge is 2.43. The van der Waals surface area contributed by atoms with Crippen LogP contribution in [0.2, 0.25) is 5.02 Å². The van der Waals surface area contributed by atoms with Crippen molar-refractivity contribution in [2.75, 3.05) is 26.7 Å². The van der Waals surface area contributed by atoms with E-state index in [1.807, 2.05) is 31.2 Å². The summed E-state index contributed by atoms with van der Waals surface area (Å²) in [5.41, 5.74) is 2.76. The molecule has 1 saturated heterocycles. The molecule has 0 spiro atoms. The van der Waals surface area contributed by atoms with Gasteiger partial charge in [-0.1, -0.05) is 48.0 Å². The first kappa shape index (κ1) is 18.0. The molecule has 25 heavy (non-hydrogen) atoms. The van der Waals surface area contributed by atoms with Crippen LogP contribution in [0, 0.1) is 0 Å². The van der Waals surface area contributed by atoms with E-state index in [0.717, 1.165) is 47.6 Å². The van der Waals surface area contributed by atoms with Crippen molar-refractivity contribution in [1.82, 2.24) is 4.90 Å². The van der Waals surface area contributed by atoms with Crippen LogP contribution in [0.15, 0.2) is 48.5 Å². The number of hydrogen-bond acceptors (Lipinski definition) is 3. The summed E-state index contributed by atoms with van der Waals surface area (Å²) in [6, 6.07) is 16.1. The third-order valence-electron chi connectivity index (χ3n) is 5.12. The molecule has 3 rings (SSSR count). The number of benzene rings is 2. The summed E-state index contributed by atoms with van der Waals surface area (Å²) >= 11 is 5.97. The van der Waals surface area contributed by atoms with Gasteiger partial charge in [0.05, 0.1) is 12.0 Å². The zero-order valence-electron chi connectivity index (χ0n) is 14.8. The van der Waals surface area contributed by atoms with Gasteiger partial charge in [-0.3, -0.25) is 4.79 Å². The SMILES string of the molecule is CCOC(=O)C1(c2ccc(-c3ccc(Cl)cc3)cc2)CCN(C)CC1. The lowest BCUT2D eigenvalue weighted by Crippen LogP contribution is -2.47. The van der Waals surface area contributed by atoms with Crippen LogP contribution in [-0.2, 0) is 14.9 Å². The van der Waals surface area contributed by atoms with E-state index in [-0.39, 0.29) is 5.97 Å². The molecule has 0 saturated carbocycles. The van der Waals surface area contributed by atoms with Gasteiger partial charge in [0.2, 0.25) is 0 Å². The first-order valence-electron chi connectivity index (χ1n) is 8.77. The maximum atomic E-state index is 12.8. The Morgan fingerprint density at radius 3 is 2.08 bits per heavy atom. The summed E-state index contributed by atoms with van der Waals surface area (Å²) in [5.74, 6) is -0.0951. The van der Waals surface area contributed by atoms with Crippen molar-refractivity contribution < 1.29 is 9.53 Å². The normalized spacial score (nSPS) is 17.2. The van der Waals surface area contributed by atoms with Crippen molar-refractivity contribution in [2.24, 2.45) is 0 Å². The lowest BCUT2D eigenvalue weighted by Gasteiger charge is -2.39. The number of esters is 1. The summed E-state index contributed by atoms with van der Waals surface area (Å²) in [6.45, 7) is 4.08. The molecule has 2 aromatic rings. The van der Waals surface area contributed by atoms with Gasteiger partial charge in [0.15, 0.2) is 0 Å². The van der Waals surface area contributed by atoms with Gasteiger partial charge in [-0.05, 0) is 68.7 Å². The fourth-order valence-corrected chi connectivity index (χ4v) is 3.63. The number of halogens is 1. The molecule has 4 heteroatoms. The van der Waals surface area contributed by atoms with Crippen LogP contribution >= 0.6 is 11.6 Å². The van der Waals surface area contributed by atoms with Crippen molar-refractivity contribution >= 4 is 17.6 Å². The van der Waals surface area contributed by atoms with Crippen LogP contribution in [0.4, 0.5) is 0 Å². The van der Waals surface area contributed by atoms with E-state index in [0.29, 0.717) is 6.61 Å². The zero-order chi connectivity index (χ0) is 17.9. The predicted molar refractivity (Wildman–Crippen MR) is 102 cm³/mol. The van der Waals surface area contributed by atoms with Crippen molar-refractivity contribution in [3.05, 3.63) is 59.1 Å². The second kappa shape index (κ2) is 7.59. The molecule has 1 fully saturated rings. The van der Waals surface area contributed by atoms with Gasteiger partial charge in [0.1, 0.15) is 0 Å². The minimum atomic E-state index is -0.527. The molecule has 0 radical (unpaired) electrons. The molecule has 132 valence electrons. The number of ether oxygens (including phenoxy) is 1. The van der Waals surface area contributed by atoms with Gasteiger partial charge in [0.25, 0.3) is 0 Å². The van der Waals surface area contributed by atoms with Gasteiger partial charge < -0.3 is 9.64 Å². The fourth-order valence-electron chi connectivity index (χ4n) is 3.50. The van der Waals surface area contributed by atoms with Crippen LogP contribution in [0.25, 0.3) is 11.1 Å². The molecule has 0 bridgehead atoms. The molecule has 3 nitrogen and oxygen atoms in total. The quantitative estimate of drug-likeness (QED) is 0.753. The van der Waals surface area contributed by atoms with E-state index in [2.05, 4.69) is 36.2 Å². The van der Waals surface area contributed by atoms with Crippen LogP contribution in [0.5, 0.6) is 0 Å². The maximum absolute atomic E-state index is 12.8. The Hall–Kier alpha value is -1.84. The average Bonchev–Trinajstić information content (AvgIpc) is 2.64. The Bertz CT molecular complexity index is 717. The highest BCUT2D eigenvalue weighted by atomic mass is 35.5. The Labute approximate surface area is 154 Å². The third-order valence-corrected chi connectivity index (χ3v) is 5.37. The second-order valence-electron chi connectivity index (χ2n) is 6.69. The third kappa shape index (κ3) is 3.73. The van der Waals surface area contributed by atoms with E-state index in [4.69, 9.17) is 16.3 Å². The molecule has 1 heterocycles. The molecule has 0 N–H and O–H groups in total. The van der Waals surface area contributed by atoms with E-state index in [9.17, 15) is 4.79 Å². The Balaban J connectivity index is 1.91. The fraction of sp³-hybridized carbons (Fsp3) is 0.381. The monoisotopic (exact) mass is 357 g/mol. The zero-order valence-corrected chi connectivity index (χ0v) is 15.6. The van der Waals surface area contributed by atoms with Gasteiger partial charge in [-0.25, -0.2) is 0 Å². The summed E-state index contributed by atoms with van der Waals surface area (Å²) in [5, 5.41) is 0.730. The smallest absolute Gasteiger partial charge is 0.316 e. The number of nitrogens with zero attached hydrogens (tertiary/aromatic N) is 1. The lowest BCUT2D eigenvalue weighted by atomic mass is 9.72. The van der Waals surface area contributed by atoms with E-state index in [1.54, 1.807) is 0 Å². The van der Waals surface area contributed by atoms with E-state index < -0.39 is 5.41 Å². The van der Waals surface area contributed by atoms with E-state index in [1.165, 1.54) is 0 Å². The van der Waals surface area contributed by atoms with Gasteiger partial charge in [-0.15, -0.1) is 0 Å². The molecule has 0 aliphatic carbocycles. The summed E-state index contributed by atoms with van der Waals surface area (Å²) in [7, 11) is 2.10. The van der Waals surface area contributed by atoms with Crippen molar-refractivity contribution in [3.63, 3.8) is 0 Å². The molecular weight excluding hydrogens is 334 g/mol. The molecule has 0 aromatic heterocycles. The first-order valence-corrected chi connectivity index (χ1v) is 9.15. The molecule has 1 aliphatic rings. The number of rotatable bonds is 4. The number of carbonyl (C=O) groups is 1. The lowest BCUT2D eigenvalue weighted by molar-refractivity contribution is -0.152. The minimum absolute atomic E-state index is 0.0951. The topological polar surface area (TPSA) is 29.5 Å². The number of hydrogen-bond donors (Lipinski definition) is 0. The van der Waals surface area contributed by atoms with Crippen molar-refractivity contribution in [1.29, 1.82) is 0 Å². The van der Waals surface area contributed by atoms with Crippen LogP contribution in [0.3, 0.4) is 0 Å². The molecule has 2 aromatic carbocycles.